The number of hydrazone groups is 1. The van der Waals surface area contributed by atoms with Gasteiger partial charge in [0.1, 0.15) is 9.87 Å². The molecule has 4 rings (SSSR count). The van der Waals surface area contributed by atoms with Crippen LogP contribution in [-0.4, -0.2) is 67.3 Å². The number of piperazine rings is 1. The molecule has 1 atom stereocenters. The fourth-order valence-corrected chi connectivity index (χ4v) is 6.00. The van der Waals surface area contributed by atoms with Crippen molar-refractivity contribution < 1.29 is 9.18 Å². The fourth-order valence-electron chi connectivity index (χ4n) is 4.55. The number of carbonyl (C=O) groups is 1. The maximum Gasteiger partial charge on any atom is 0.226 e. The molecule has 35 heavy (non-hydrogen) atoms. The average molecular weight is 632 g/mol. The number of benzene rings is 2. The summed E-state index contributed by atoms with van der Waals surface area (Å²) in [6.45, 7) is 7.66. The van der Waals surface area contributed by atoms with Gasteiger partial charge in [0.25, 0.3) is 0 Å². The molecular weight excluding hydrogens is 603 g/mol. The highest BCUT2D eigenvalue weighted by Gasteiger charge is 2.30. The third-order valence-corrected chi connectivity index (χ3v) is 8.40. The second-order valence-corrected chi connectivity index (χ2v) is 10.6. The number of halogens is 4. The second-order valence-electron chi connectivity index (χ2n) is 8.63. The molecule has 2 aliphatic rings. The molecular formula is C25H29Cl2FIN5O. The van der Waals surface area contributed by atoms with Gasteiger partial charge >= 0.3 is 0 Å². The van der Waals surface area contributed by atoms with E-state index in [0.29, 0.717) is 34.4 Å². The molecule has 0 radical (unpaired) electrons. The van der Waals surface area contributed by atoms with Crippen molar-refractivity contribution in [2.24, 2.45) is 5.10 Å². The highest BCUT2D eigenvalue weighted by Crippen LogP contribution is 2.37. The first-order chi connectivity index (χ1) is 16.9. The van der Waals surface area contributed by atoms with E-state index in [1.165, 1.54) is 6.07 Å². The largest absolute Gasteiger partial charge is 0.368 e. The van der Waals surface area contributed by atoms with Gasteiger partial charge in [0.05, 0.1) is 27.9 Å². The summed E-state index contributed by atoms with van der Waals surface area (Å²) in [6.07, 6.45) is 1.03. The Hall–Kier alpha value is -1.62. The first-order valence-electron chi connectivity index (χ1n) is 11.8. The second kappa shape index (κ2) is 12.1. The third-order valence-electron chi connectivity index (χ3n) is 6.32. The molecule has 1 amide bonds. The van der Waals surface area contributed by atoms with Gasteiger partial charge in [0, 0.05) is 56.9 Å². The number of alkyl halides is 1. The van der Waals surface area contributed by atoms with Crippen LogP contribution in [0.2, 0.25) is 10.0 Å². The van der Waals surface area contributed by atoms with E-state index in [0.717, 1.165) is 50.4 Å². The van der Waals surface area contributed by atoms with Crippen molar-refractivity contribution >= 4 is 63.1 Å². The molecule has 0 aromatic heterocycles. The van der Waals surface area contributed by atoms with E-state index in [1.54, 1.807) is 12.1 Å². The van der Waals surface area contributed by atoms with Crippen LogP contribution in [0.1, 0.15) is 34.9 Å². The SMILES string of the molecule is CCNC(=O)CC1=NN(CCCN2CCN(c3cccc(Cl)c3Cl)CC2)C(I)c2c(F)cccc21. The molecule has 1 fully saturated rings. The standard InChI is InChI=1S/C25H29Cl2FIN5O/c1-2-30-22(35)16-20-17-6-3-8-19(28)23(17)25(29)34(31-20)11-5-10-32-12-14-33(15-13-32)21-9-4-7-18(26)24(21)27/h3-4,6-9,25H,2,5,10-16H2,1H3,(H,30,35). The molecule has 2 aromatic carbocycles. The van der Waals surface area contributed by atoms with Gasteiger partial charge in [0.15, 0.2) is 0 Å². The van der Waals surface area contributed by atoms with Crippen molar-refractivity contribution in [1.29, 1.82) is 0 Å². The highest BCUT2D eigenvalue weighted by atomic mass is 127. The maximum atomic E-state index is 14.8. The highest BCUT2D eigenvalue weighted by molar-refractivity contribution is 14.1. The van der Waals surface area contributed by atoms with Crippen LogP contribution in [0.5, 0.6) is 0 Å². The Morgan fingerprint density at radius 3 is 2.63 bits per heavy atom. The predicted octanol–water partition coefficient (Wildman–Crippen LogP) is 5.32. The summed E-state index contributed by atoms with van der Waals surface area (Å²) in [5.41, 5.74) is 2.93. The summed E-state index contributed by atoms with van der Waals surface area (Å²) in [5, 5.41) is 10.7. The van der Waals surface area contributed by atoms with Gasteiger partial charge in [0.2, 0.25) is 5.91 Å². The molecule has 10 heteroatoms. The van der Waals surface area contributed by atoms with E-state index in [1.807, 2.05) is 30.1 Å². The van der Waals surface area contributed by atoms with Crippen molar-refractivity contribution in [3.63, 3.8) is 0 Å². The minimum atomic E-state index is -0.258. The zero-order valence-electron chi connectivity index (χ0n) is 19.6. The van der Waals surface area contributed by atoms with Crippen molar-refractivity contribution in [2.75, 3.05) is 50.7 Å². The minimum Gasteiger partial charge on any atom is -0.368 e. The Morgan fingerprint density at radius 1 is 1.14 bits per heavy atom. The summed E-state index contributed by atoms with van der Waals surface area (Å²) < 4.78 is 14.6. The number of fused-ring (bicyclic) bond motifs is 1. The van der Waals surface area contributed by atoms with Gasteiger partial charge in [-0.1, -0.05) is 64.0 Å². The first kappa shape index (κ1) is 26.4. The monoisotopic (exact) mass is 631 g/mol. The van der Waals surface area contributed by atoms with E-state index in [-0.39, 0.29) is 22.2 Å². The molecule has 0 spiro atoms. The zero-order chi connectivity index (χ0) is 24.9. The Balaban J connectivity index is 1.35. The quantitative estimate of drug-likeness (QED) is 0.243. The number of carbonyl (C=O) groups excluding carboxylic acids is 1. The molecule has 2 heterocycles. The van der Waals surface area contributed by atoms with Crippen LogP contribution in [0.4, 0.5) is 10.1 Å². The van der Waals surface area contributed by atoms with E-state index in [2.05, 4.69) is 37.7 Å². The molecule has 0 bridgehead atoms. The van der Waals surface area contributed by atoms with E-state index >= 15 is 0 Å². The maximum absolute atomic E-state index is 14.8. The van der Waals surface area contributed by atoms with Gasteiger partial charge in [-0.25, -0.2) is 4.39 Å². The lowest BCUT2D eigenvalue weighted by Crippen LogP contribution is -2.47. The van der Waals surface area contributed by atoms with Crippen molar-refractivity contribution in [2.45, 2.75) is 23.8 Å². The van der Waals surface area contributed by atoms with E-state index < -0.39 is 0 Å². The van der Waals surface area contributed by atoms with Crippen molar-refractivity contribution in [3.8, 4) is 0 Å². The van der Waals surface area contributed by atoms with Gasteiger partial charge < -0.3 is 10.2 Å². The molecule has 2 aromatic rings. The van der Waals surface area contributed by atoms with E-state index in [9.17, 15) is 9.18 Å². The summed E-state index contributed by atoms with van der Waals surface area (Å²) in [6, 6.07) is 10.7. The number of hydrogen-bond acceptors (Lipinski definition) is 5. The van der Waals surface area contributed by atoms with Crippen LogP contribution in [0, 0.1) is 5.82 Å². The number of amides is 1. The van der Waals surface area contributed by atoms with Gasteiger partial charge in [-0.3, -0.25) is 14.7 Å². The lowest BCUT2D eigenvalue weighted by atomic mass is 9.98. The fraction of sp³-hybridized carbons (Fsp3) is 0.440. The molecule has 0 saturated carbocycles. The molecule has 1 saturated heterocycles. The van der Waals surface area contributed by atoms with Crippen LogP contribution in [0.15, 0.2) is 41.5 Å². The van der Waals surface area contributed by atoms with Crippen LogP contribution >= 0.6 is 45.8 Å². The van der Waals surface area contributed by atoms with Crippen LogP contribution in [-0.2, 0) is 4.79 Å². The number of hydrogen-bond donors (Lipinski definition) is 1. The average Bonchev–Trinajstić information content (AvgIpc) is 2.84. The smallest absolute Gasteiger partial charge is 0.226 e. The Kier molecular flexibility index (Phi) is 9.13. The summed E-state index contributed by atoms with van der Waals surface area (Å²) in [5.74, 6) is -0.364. The van der Waals surface area contributed by atoms with E-state index in [4.69, 9.17) is 28.3 Å². The van der Waals surface area contributed by atoms with Crippen molar-refractivity contribution in [1.82, 2.24) is 15.2 Å². The van der Waals surface area contributed by atoms with Gasteiger partial charge in [-0.15, -0.1) is 0 Å². The molecule has 1 unspecified atom stereocenters. The molecule has 1 N–H and O–H groups in total. The zero-order valence-corrected chi connectivity index (χ0v) is 23.3. The van der Waals surface area contributed by atoms with Gasteiger partial charge in [-0.05, 0) is 31.5 Å². The van der Waals surface area contributed by atoms with Gasteiger partial charge in [-0.2, -0.15) is 5.10 Å². The van der Waals surface area contributed by atoms with Crippen LogP contribution < -0.4 is 10.2 Å². The summed E-state index contributed by atoms with van der Waals surface area (Å²) >= 11 is 14.8. The normalized spacial score (nSPS) is 18.3. The number of rotatable bonds is 8. The molecule has 6 nitrogen and oxygen atoms in total. The Labute approximate surface area is 229 Å². The number of anilines is 1. The third kappa shape index (κ3) is 6.21. The minimum absolute atomic E-state index is 0.106. The first-order valence-corrected chi connectivity index (χ1v) is 13.8. The Morgan fingerprint density at radius 2 is 1.89 bits per heavy atom. The lowest BCUT2D eigenvalue weighted by molar-refractivity contribution is -0.119. The predicted molar refractivity (Wildman–Crippen MR) is 149 cm³/mol. The van der Waals surface area contributed by atoms with Crippen LogP contribution in [0.25, 0.3) is 0 Å². The summed E-state index contributed by atoms with van der Waals surface area (Å²) in [7, 11) is 0. The van der Waals surface area contributed by atoms with Crippen LogP contribution in [0.3, 0.4) is 0 Å². The number of nitrogens with zero attached hydrogens (tertiary/aromatic N) is 4. The Bertz CT molecular complexity index is 1090. The summed E-state index contributed by atoms with van der Waals surface area (Å²) in [4.78, 5) is 16.9. The lowest BCUT2D eigenvalue weighted by Gasteiger charge is -2.37. The topological polar surface area (TPSA) is 51.2 Å². The molecule has 188 valence electrons. The molecule has 2 aliphatic heterocycles. The van der Waals surface area contributed by atoms with Crippen molar-refractivity contribution in [3.05, 3.63) is 63.4 Å². The number of nitrogens with one attached hydrogen (secondary N) is 1. The molecule has 0 aliphatic carbocycles.